The number of carbonyl (C=O) groups excluding carboxylic acids is 1. The number of carbonyl (C=O) groups is 1. The fraction of sp³-hybridized carbons (Fsp3) is 0.200. The van der Waals surface area contributed by atoms with Crippen LogP contribution in [0.2, 0.25) is 5.02 Å². The molecule has 30 heavy (non-hydrogen) atoms. The zero-order valence-corrected chi connectivity index (χ0v) is 18.0. The van der Waals surface area contributed by atoms with Crippen LogP contribution in [0.4, 0.5) is 5.13 Å². The Morgan fingerprint density at radius 3 is 2.70 bits per heavy atom. The lowest BCUT2D eigenvalue weighted by atomic mass is 10.2. The van der Waals surface area contributed by atoms with Gasteiger partial charge in [-0.2, -0.15) is 0 Å². The molecular weight excluding hydrogens is 448 g/mol. The lowest BCUT2D eigenvalue weighted by molar-refractivity contribution is -0.115. The molecule has 0 spiro atoms. The molecule has 7 nitrogen and oxygen atoms in total. The molecule has 0 saturated heterocycles. The number of fused-ring (bicyclic) bond motifs is 1. The van der Waals surface area contributed by atoms with Crippen molar-refractivity contribution in [2.75, 3.05) is 24.3 Å². The quantitative estimate of drug-likeness (QED) is 0.591. The Kier molecular flexibility index (Phi) is 5.94. The minimum Gasteiger partial charge on any atom is -0.486 e. The Balaban J connectivity index is 1.38. The zero-order valence-electron chi connectivity index (χ0n) is 15.6. The number of sulfone groups is 1. The van der Waals surface area contributed by atoms with Crippen LogP contribution >= 0.6 is 22.9 Å². The number of ether oxygens (including phenoxy) is 2. The number of hydrogen-bond acceptors (Lipinski definition) is 7. The monoisotopic (exact) mass is 464 g/mol. The van der Waals surface area contributed by atoms with E-state index in [0.29, 0.717) is 40.6 Å². The summed E-state index contributed by atoms with van der Waals surface area (Å²) >= 11 is 7.42. The van der Waals surface area contributed by atoms with Gasteiger partial charge in [-0.05, 0) is 18.2 Å². The van der Waals surface area contributed by atoms with Crippen LogP contribution in [0.15, 0.2) is 52.7 Å². The molecule has 0 saturated carbocycles. The predicted octanol–water partition coefficient (Wildman–Crippen LogP) is 4.04. The number of thiazole rings is 1. The van der Waals surface area contributed by atoms with E-state index >= 15 is 0 Å². The van der Waals surface area contributed by atoms with Gasteiger partial charge in [0.15, 0.2) is 26.5 Å². The van der Waals surface area contributed by atoms with E-state index in [-0.39, 0.29) is 17.1 Å². The van der Waals surface area contributed by atoms with Gasteiger partial charge in [0.25, 0.3) is 0 Å². The highest BCUT2D eigenvalue weighted by Gasteiger charge is 2.21. The van der Waals surface area contributed by atoms with Crippen LogP contribution in [-0.4, -0.2) is 38.3 Å². The summed E-state index contributed by atoms with van der Waals surface area (Å²) in [6, 6.07) is 11.7. The number of hydrogen-bond donors (Lipinski definition) is 1. The fourth-order valence-corrected chi connectivity index (χ4v) is 5.08. The van der Waals surface area contributed by atoms with E-state index in [2.05, 4.69) is 10.3 Å². The summed E-state index contributed by atoms with van der Waals surface area (Å²) < 4.78 is 36.0. The minimum atomic E-state index is -3.66. The van der Waals surface area contributed by atoms with E-state index in [1.54, 1.807) is 17.5 Å². The molecule has 1 aromatic heterocycles. The standard InChI is InChI=1S/C20H17ClN2O5S2/c21-15-4-2-1-3-14(15)16-12-29-20(22-16)23-19(24)7-10-30(25,26)13-5-6-17-18(11-13)28-9-8-27-17/h1-6,11-12H,7-10H2,(H,22,23,24). The number of nitrogens with one attached hydrogen (secondary N) is 1. The van der Waals surface area contributed by atoms with Gasteiger partial charge in [0.2, 0.25) is 5.91 Å². The number of nitrogens with zero attached hydrogens (tertiary/aromatic N) is 1. The number of halogens is 1. The highest BCUT2D eigenvalue weighted by Crippen LogP contribution is 2.33. The van der Waals surface area contributed by atoms with Gasteiger partial charge in [0.1, 0.15) is 13.2 Å². The molecule has 156 valence electrons. The maximum Gasteiger partial charge on any atom is 0.227 e. The lowest BCUT2D eigenvalue weighted by Crippen LogP contribution is -2.18. The Morgan fingerprint density at radius 1 is 1.13 bits per heavy atom. The van der Waals surface area contributed by atoms with Gasteiger partial charge in [-0.1, -0.05) is 29.8 Å². The van der Waals surface area contributed by atoms with Crippen molar-refractivity contribution < 1.29 is 22.7 Å². The molecule has 2 heterocycles. The van der Waals surface area contributed by atoms with Gasteiger partial charge in [-0.15, -0.1) is 11.3 Å². The predicted molar refractivity (Wildman–Crippen MR) is 115 cm³/mol. The molecule has 2 aromatic carbocycles. The van der Waals surface area contributed by atoms with E-state index in [9.17, 15) is 13.2 Å². The van der Waals surface area contributed by atoms with Gasteiger partial charge < -0.3 is 14.8 Å². The summed E-state index contributed by atoms with van der Waals surface area (Å²) in [4.78, 5) is 16.7. The van der Waals surface area contributed by atoms with E-state index < -0.39 is 15.7 Å². The van der Waals surface area contributed by atoms with Crippen LogP contribution in [0.5, 0.6) is 11.5 Å². The van der Waals surface area contributed by atoms with Crippen molar-refractivity contribution >= 4 is 43.8 Å². The second-order valence-electron chi connectivity index (χ2n) is 6.44. The number of amides is 1. The van der Waals surface area contributed by atoms with Crippen LogP contribution in [-0.2, 0) is 14.6 Å². The summed E-state index contributed by atoms with van der Waals surface area (Å²) in [7, 11) is -3.66. The number of benzene rings is 2. The van der Waals surface area contributed by atoms with Gasteiger partial charge in [0, 0.05) is 28.5 Å². The first-order valence-electron chi connectivity index (χ1n) is 9.05. The SMILES string of the molecule is O=C(CCS(=O)(=O)c1ccc2c(c1)OCCO2)Nc1nc(-c2ccccc2Cl)cs1. The van der Waals surface area contributed by atoms with Crippen LogP contribution in [0.1, 0.15) is 6.42 Å². The zero-order chi connectivity index (χ0) is 21.1. The maximum atomic E-state index is 12.6. The normalized spacial score (nSPS) is 13.1. The minimum absolute atomic E-state index is 0.0924. The summed E-state index contributed by atoms with van der Waals surface area (Å²) in [5.74, 6) is 0.134. The lowest BCUT2D eigenvalue weighted by Gasteiger charge is -2.18. The highest BCUT2D eigenvalue weighted by atomic mass is 35.5. The molecule has 4 rings (SSSR count). The van der Waals surface area contributed by atoms with Crippen molar-refractivity contribution in [3.8, 4) is 22.8 Å². The molecule has 1 amide bonds. The third-order valence-electron chi connectivity index (χ3n) is 4.37. The Bertz CT molecular complexity index is 1190. The number of anilines is 1. The fourth-order valence-electron chi connectivity index (χ4n) is 2.87. The van der Waals surface area contributed by atoms with Crippen LogP contribution in [0, 0.1) is 0 Å². The number of rotatable bonds is 6. The molecule has 1 aliphatic rings. The third kappa shape index (κ3) is 4.58. The molecule has 3 aromatic rings. The molecule has 10 heteroatoms. The maximum absolute atomic E-state index is 12.6. The largest absolute Gasteiger partial charge is 0.486 e. The van der Waals surface area contributed by atoms with Crippen LogP contribution in [0.25, 0.3) is 11.3 Å². The smallest absolute Gasteiger partial charge is 0.227 e. The van der Waals surface area contributed by atoms with E-state index in [1.165, 1.54) is 23.5 Å². The second-order valence-corrected chi connectivity index (χ2v) is 9.81. The summed E-state index contributed by atoms with van der Waals surface area (Å²) in [5.41, 5.74) is 1.40. The van der Waals surface area contributed by atoms with E-state index in [1.807, 2.05) is 18.2 Å². The number of aromatic nitrogens is 1. The van der Waals surface area contributed by atoms with E-state index in [4.69, 9.17) is 21.1 Å². The van der Waals surface area contributed by atoms with Gasteiger partial charge in [-0.25, -0.2) is 13.4 Å². The van der Waals surface area contributed by atoms with Crippen LogP contribution < -0.4 is 14.8 Å². The van der Waals surface area contributed by atoms with Crippen molar-refractivity contribution in [1.29, 1.82) is 0 Å². The van der Waals surface area contributed by atoms with Crippen molar-refractivity contribution in [1.82, 2.24) is 4.98 Å². The van der Waals surface area contributed by atoms with Gasteiger partial charge >= 0.3 is 0 Å². The summed E-state index contributed by atoms with van der Waals surface area (Å²) in [6.45, 7) is 0.789. The first-order valence-corrected chi connectivity index (χ1v) is 12.0. The Morgan fingerprint density at radius 2 is 1.90 bits per heavy atom. The van der Waals surface area contributed by atoms with Gasteiger partial charge in [0.05, 0.1) is 16.3 Å². The van der Waals surface area contributed by atoms with Crippen molar-refractivity contribution in [2.45, 2.75) is 11.3 Å². The molecule has 0 atom stereocenters. The molecular formula is C20H17ClN2O5S2. The highest BCUT2D eigenvalue weighted by molar-refractivity contribution is 7.91. The topological polar surface area (TPSA) is 94.6 Å². The van der Waals surface area contributed by atoms with E-state index in [0.717, 1.165) is 5.56 Å². The molecule has 0 radical (unpaired) electrons. The first-order chi connectivity index (χ1) is 14.4. The first kappa shape index (κ1) is 20.6. The summed E-state index contributed by atoms with van der Waals surface area (Å²) in [6.07, 6.45) is -0.197. The average Bonchev–Trinajstić information content (AvgIpc) is 3.20. The van der Waals surface area contributed by atoms with Crippen molar-refractivity contribution in [2.24, 2.45) is 0 Å². The van der Waals surface area contributed by atoms with Gasteiger partial charge in [-0.3, -0.25) is 4.79 Å². The molecule has 0 aliphatic carbocycles. The molecule has 0 bridgehead atoms. The Hall–Kier alpha value is -2.62. The van der Waals surface area contributed by atoms with Crippen molar-refractivity contribution in [3.63, 3.8) is 0 Å². The molecule has 0 unspecified atom stereocenters. The Labute approximate surface area is 182 Å². The molecule has 1 aliphatic heterocycles. The van der Waals surface area contributed by atoms with Crippen LogP contribution in [0.3, 0.4) is 0 Å². The van der Waals surface area contributed by atoms with Crippen molar-refractivity contribution in [3.05, 3.63) is 52.9 Å². The molecule has 0 fully saturated rings. The average molecular weight is 465 g/mol. The third-order valence-corrected chi connectivity index (χ3v) is 7.17. The molecule has 1 N–H and O–H groups in total. The second kappa shape index (κ2) is 8.63. The summed E-state index contributed by atoms with van der Waals surface area (Å²) in [5, 5.41) is 5.36.